The van der Waals surface area contributed by atoms with E-state index in [1.807, 2.05) is 17.5 Å². The number of carbonyl (C=O) groups excluding carboxylic acids is 2. The zero-order valence-corrected chi connectivity index (χ0v) is 17.2. The smallest absolute Gasteiger partial charge is 0.251 e. The van der Waals surface area contributed by atoms with E-state index in [0.717, 1.165) is 34.9 Å². The molecule has 0 bridgehead atoms. The minimum absolute atomic E-state index is 0.113. The number of anilines is 1. The van der Waals surface area contributed by atoms with Crippen molar-refractivity contribution in [2.75, 3.05) is 18.0 Å². The van der Waals surface area contributed by atoms with Crippen LogP contribution < -0.4 is 10.2 Å². The Hall–Kier alpha value is -2.99. The number of hydrogen-bond donors (Lipinski definition) is 1. The van der Waals surface area contributed by atoms with Gasteiger partial charge in [0, 0.05) is 48.1 Å². The molecule has 1 N–H and O–H groups in total. The van der Waals surface area contributed by atoms with Gasteiger partial charge in [-0.05, 0) is 37.6 Å². The Morgan fingerprint density at radius 3 is 2.59 bits per heavy atom. The van der Waals surface area contributed by atoms with Gasteiger partial charge in [0.15, 0.2) is 0 Å². The Morgan fingerprint density at radius 2 is 1.90 bits per heavy atom. The third kappa shape index (κ3) is 4.54. The van der Waals surface area contributed by atoms with Crippen LogP contribution in [0.2, 0.25) is 0 Å². The maximum absolute atomic E-state index is 12.4. The van der Waals surface area contributed by atoms with E-state index >= 15 is 0 Å². The van der Waals surface area contributed by atoms with Crippen molar-refractivity contribution in [2.45, 2.75) is 26.2 Å². The summed E-state index contributed by atoms with van der Waals surface area (Å²) in [5.74, 6) is 0.0359. The van der Waals surface area contributed by atoms with Gasteiger partial charge in [-0.25, -0.2) is 4.98 Å². The molecular formula is C23H23N3O2S. The molecule has 5 nitrogen and oxygen atoms in total. The van der Waals surface area contributed by atoms with Crippen LogP contribution in [0.5, 0.6) is 0 Å². The third-order valence-corrected chi connectivity index (χ3v) is 5.97. The lowest BCUT2D eigenvalue weighted by Gasteiger charge is -2.15. The monoisotopic (exact) mass is 405 g/mol. The Labute approximate surface area is 174 Å². The van der Waals surface area contributed by atoms with Gasteiger partial charge in [-0.3, -0.25) is 9.59 Å². The van der Waals surface area contributed by atoms with Crippen LogP contribution in [0.15, 0.2) is 53.9 Å². The highest BCUT2D eigenvalue weighted by molar-refractivity contribution is 7.13. The van der Waals surface area contributed by atoms with Gasteiger partial charge in [-0.1, -0.05) is 29.8 Å². The van der Waals surface area contributed by atoms with Crippen molar-refractivity contribution < 1.29 is 9.59 Å². The number of thiazole rings is 1. The van der Waals surface area contributed by atoms with E-state index in [4.69, 9.17) is 0 Å². The van der Waals surface area contributed by atoms with E-state index in [-0.39, 0.29) is 11.8 Å². The predicted octanol–water partition coefficient (Wildman–Crippen LogP) is 4.22. The van der Waals surface area contributed by atoms with Crippen LogP contribution in [0.3, 0.4) is 0 Å². The van der Waals surface area contributed by atoms with Crippen LogP contribution in [0.1, 0.15) is 34.5 Å². The minimum atomic E-state index is -0.113. The molecule has 1 fully saturated rings. The van der Waals surface area contributed by atoms with Gasteiger partial charge in [0.1, 0.15) is 5.01 Å². The first kappa shape index (κ1) is 19.3. The summed E-state index contributed by atoms with van der Waals surface area (Å²) < 4.78 is 0. The van der Waals surface area contributed by atoms with Crippen molar-refractivity contribution in [3.8, 4) is 10.6 Å². The average Bonchev–Trinajstić information content (AvgIpc) is 3.38. The molecule has 0 spiro atoms. The van der Waals surface area contributed by atoms with Crippen molar-refractivity contribution in [1.82, 2.24) is 10.3 Å². The molecule has 1 aromatic heterocycles. The topological polar surface area (TPSA) is 62.3 Å². The maximum atomic E-state index is 12.4. The van der Waals surface area contributed by atoms with Gasteiger partial charge in [0.25, 0.3) is 5.91 Å². The largest absolute Gasteiger partial charge is 0.352 e. The van der Waals surface area contributed by atoms with E-state index in [9.17, 15) is 9.59 Å². The molecule has 0 radical (unpaired) electrons. The highest BCUT2D eigenvalue weighted by atomic mass is 32.1. The van der Waals surface area contributed by atoms with Crippen molar-refractivity contribution in [2.24, 2.45) is 0 Å². The molecule has 6 heteroatoms. The number of aryl methyl sites for hydroxylation is 1. The van der Waals surface area contributed by atoms with E-state index in [0.29, 0.717) is 24.9 Å². The van der Waals surface area contributed by atoms with Gasteiger partial charge in [0.2, 0.25) is 5.91 Å². The standard InChI is InChI=1S/C23H23N3O2S/c1-16-4-6-18(7-5-16)23-25-19(15-29-23)12-13-24-22(28)17-8-10-20(11-9-17)26-14-2-3-21(26)27/h4-11,15H,2-3,12-14H2,1H3,(H,24,28). The number of nitrogens with one attached hydrogen (secondary N) is 1. The summed E-state index contributed by atoms with van der Waals surface area (Å²) in [6, 6.07) is 15.6. The number of amides is 2. The molecule has 0 atom stereocenters. The Morgan fingerprint density at radius 1 is 1.14 bits per heavy atom. The number of nitrogens with zero attached hydrogens (tertiary/aromatic N) is 2. The number of hydrogen-bond acceptors (Lipinski definition) is 4. The fourth-order valence-corrected chi connectivity index (χ4v) is 4.23. The van der Waals surface area contributed by atoms with Gasteiger partial charge < -0.3 is 10.2 Å². The lowest BCUT2D eigenvalue weighted by Crippen LogP contribution is -2.26. The molecule has 2 amide bonds. The predicted molar refractivity (Wildman–Crippen MR) is 116 cm³/mol. The zero-order valence-electron chi connectivity index (χ0n) is 16.4. The zero-order chi connectivity index (χ0) is 20.2. The Balaban J connectivity index is 1.30. The number of carbonyl (C=O) groups is 2. The summed E-state index contributed by atoms with van der Waals surface area (Å²) in [5, 5.41) is 5.99. The second kappa shape index (κ2) is 8.57. The van der Waals surface area contributed by atoms with Gasteiger partial charge >= 0.3 is 0 Å². The summed E-state index contributed by atoms with van der Waals surface area (Å²) in [6.07, 6.45) is 2.18. The van der Waals surface area contributed by atoms with E-state index in [1.165, 1.54) is 5.56 Å². The molecule has 148 valence electrons. The second-order valence-corrected chi connectivity index (χ2v) is 8.07. The second-order valence-electron chi connectivity index (χ2n) is 7.21. The lowest BCUT2D eigenvalue weighted by molar-refractivity contribution is -0.117. The number of benzene rings is 2. The number of rotatable bonds is 6. The van der Waals surface area contributed by atoms with Crippen molar-refractivity contribution in [3.63, 3.8) is 0 Å². The van der Waals surface area contributed by atoms with Crippen LogP contribution >= 0.6 is 11.3 Å². The summed E-state index contributed by atoms with van der Waals surface area (Å²) in [5.41, 5.74) is 4.78. The van der Waals surface area contributed by atoms with Crippen LogP contribution in [0, 0.1) is 6.92 Å². The summed E-state index contributed by atoms with van der Waals surface area (Å²) in [6.45, 7) is 3.35. The Kier molecular flexibility index (Phi) is 5.71. The molecule has 29 heavy (non-hydrogen) atoms. The molecule has 3 aromatic rings. The van der Waals surface area contributed by atoms with Crippen molar-refractivity contribution >= 4 is 28.8 Å². The molecule has 0 saturated carbocycles. The molecule has 1 aliphatic rings. The highest BCUT2D eigenvalue weighted by Crippen LogP contribution is 2.24. The fourth-order valence-electron chi connectivity index (χ4n) is 3.37. The van der Waals surface area contributed by atoms with Crippen LogP contribution in [0.25, 0.3) is 10.6 Å². The highest BCUT2D eigenvalue weighted by Gasteiger charge is 2.21. The average molecular weight is 406 g/mol. The molecule has 1 saturated heterocycles. The first-order chi connectivity index (χ1) is 14.1. The number of aromatic nitrogens is 1. The molecule has 4 rings (SSSR count). The molecule has 2 aromatic carbocycles. The molecule has 0 unspecified atom stereocenters. The summed E-state index contributed by atoms with van der Waals surface area (Å²) in [4.78, 5) is 30.6. The molecule has 2 heterocycles. The van der Waals surface area contributed by atoms with Crippen molar-refractivity contribution in [3.05, 3.63) is 70.7 Å². The maximum Gasteiger partial charge on any atom is 0.251 e. The van der Waals surface area contributed by atoms with E-state index < -0.39 is 0 Å². The molecule has 0 aliphatic carbocycles. The minimum Gasteiger partial charge on any atom is -0.352 e. The van der Waals surface area contributed by atoms with E-state index in [2.05, 4.69) is 41.5 Å². The van der Waals surface area contributed by atoms with Gasteiger partial charge in [0.05, 0.1) is 5.69 Å². The van der Waals surface area contributed by atoms with Crippen LogP contribution in [-0.2, 0) is 11.2 Å². The molecule has 1 aliphatic heterocycles. The summed E-state index contributed by atoms with van der Waals surface area (Å²) >= 11 is 1.62. The normalized spacial score (nSPS) is 13.7. The third-order valence-electron chi connectivity index (χ3n) is 5.03. The lowest BCUT2D eigenvalue weighted by atomic mass is 10.1. The SMILES string of the molecule is Cc1ccc(-c2nc(CCNC(=O)c3ccc(N4CCCC4=O)cc3)cs2)cc1. The van der Waals surface area contributed by atoms with Crippen LogP contribution in [-0.4, -0.2) is 29.9 Å². The first-order valence-corrected chi connectivity index (χ1v) is 10.7. The van der Waals surface area contributed by atoms with Gasteiger partial charge in [-0.15, -0.1) is 11.3 Å². The van der Waals surface area contributed by atoms with Crippen LogP contribution in [0.4, 0.5) is 5.69 Å². The molecular weight excluding hydrogens is 382 g/mol. The quantitative estimate of drug-likeness (QED) is 0.668. The summed E-state index contributed by atoms with van der Waals surface area (Å²) in [7, 11) is 0. The first-order valence-electron chi connectivity index (χ1n) is 9.80. The Bertz CT molecular complexity index is 1010. The van der Waals surface area contributed by atoms with Gasteiger partial charge in [-0.2, -0.15) is 0 Å². The fraction of sp³-hybridized carbons (Fsp3) is 0.261. The van der Waals surface area contributed by atoms with E-state index in [1.54, 1.807) is 28.4 Å². The van der Waals surface area contributed by atoms with Crippen molar-refractivity contribution in [1.29, 1.82) is 0 Å².